The molecule has 0 radical (unpaired) electrons. The molecule has 6 nitrogen and oxygen atoms in total. The Morgan fingerprint density at radius 1 is 0.966 bits per heavy atom. The Bertz CT molecular complexity index is 589. The third kappa shape index (κ3) is 7.19. The lowest BCUT2D eigenvalue weighted by molar-refractivity contribution is 0.206. The molecule has 2 aliphatic rings. The highest BCUT2D eigenvalue weighted by molar-refractivity contribution is 5.79. The number of nitrogens with one attached hydrogen (secondary N) is 2. The summed E-state index contributed by atoms with van der Waals surface area (Å²) in [6.07, 6.45) is 4.84. The minimum atomic E-state index is 0.556. The number of piperazine rings is 1. The second-order valence-electron chi connectivity index (χ2n) is 8.28. The molecule has 0 amide bonds. The molecule has 2 fully saturated rings. The van der Waals surface area contributed by atoms with E-state index in [1.807, 2.05) is 7.05 Å². The summed E-state index contributed by atoms with van der Waals surface area (Å²) in [7, 11) is 1.88. The maximum atomic E-state index is 4.43. The lowest BCUT2D eigenvalue weighted by Crippen LogP contribution is -2.49. The van der Waals surface area contributed by atoms with Gasteiger partial charge in [-0.1, -0.05) is 25.1 Å². The number of guanidine groups is 1. The first-order chi connectivity index (χ1) is 14.3. The van der Waals surface area contributed by atoms with Gasteiger partial charge in [0.2, 0.25) is 0 Å². The zero-order valence-electron chi connectivity index (χ0n) is 18.4. The number of para-hydroxylation sites is 1. The molecule has 2 N–H and O–H groups in total. The van der Waals surface area contributed by atoms with E-state index in [1.165, 1.54) is 44.6 Å². The van der Waals surface area contributed by atoms with Crippen LogP contribution in [0.15, 0.2) is 35.3 Å². The molecule has 0 unspecified atom stereocenters. The fraction of sp³-hybridized carbons (Fsp3) is 0.696. The van der Waals surface area contributed by atoms with Gasteiger partial charge < -0.3 is 20.4 Å². The normalized spacial score (nSPS) is 20.1. The predicted octanol–water partition coefficient (Wildman–Crippen LogP) is 2.24. The number of piperidine rings is 1. The molecule has 29 heavy (non-hydrogen) atoms. The molecule has 3 rings (SSSR count). The first-order valence-electron chi connectivity index (χ1n) is 11.5. The van der Waals surface area contributed by atoms with Crippen LogP contribution in [0.2, 0.25) is 0 Å². The van der Waals surface area contributed by atoms with Gasteiger partial charge in [-0.15, -0.1) is 0 Å². The Kier molecular flexibility index (Phi) is 9.09. The van der Waals surface area contributed by atoms with Crippen LogP contribution in [-0.2, 0) is 0 Å². The van der Waals surface area contributed by atoms with Gasteiger partial charge in [-0.05, 0) is 50.9 Å². The van der Waals surface area contributed by atoms with E-state index in [4.69, 9.17) is 0 Å². The summed E-state index contributed by atoms with van der Waals surface area (Å²) in [5.74, 6) is 0.966. The van der Waals surface area contributed by atoms with Crippen LogP contribution in [0.3, 0.4) is 0 Å². The van der Waals surface area contributed by atoms with Crippen molar-refractivity contribution in [3.63, 3.8) is 0 Å². The van der Waals surface area contributed by atoms with Crippen molar-refractivity contribution in [3.05, 3.63) is 30.3 Å². The number of aliphatic imine (C=N–C) groups is 1. The topological polar surface area (TPSA) is 46.1 Å². The van der Waals surface area contributed by atoms with Gasteiger partial charge in [0.05, 0.1) is 0 Å². The average molecular weight is 401 g/mol. The summed E-state index contributed by atoms with van der Waals surface area (Å²) in [6.45, 7) is 12.6. The van der Waals surface area contributed by atoms with Gasteiger partial charge in [-0.25, -0.2) is 0 Å². The minimum Gasteiger partial charge on any atom is -0.369 e. The second kappa shape index (κ2) is 12.0. The highest BCUT2D eigenvalue weighted by Gasteiger charge is 2.19. The van der Waals surface area contributed by atoms with Crippen molar-refractivity contribution in [2.75, 3.05) is 70.9 Å². The molecule has 1 aromatic carbocycles. The number of nitrogens with zero attached hydrogens (tertiary/aromatic N) is 4. The molecule has 162 valence electrons. The second-order valence-corrected chi connectivity index (χ2v) is 8.28. The lowest BCUT2D eigenvalue weighted by atomic mass is 10.1. The summed E-state index contributed by atoms with van der Waals surface area (Å²) >= 11 is 0. The molecular weight excluding hydrogens is 360 g/mol. The van der Waals surface area contributed by atoms with Crippen molar-refractivity contribution in [1.29, 1.82) is 0 Å². The molecule has 2 aliphatic heterocycles. The number of likely N-dealkylation sites (tertiary alicyclic amines) is 1. The van der Waals surface area contributed by atoms with E-state index in [-0.39, 0.29) is 0 Å². The quantitative estimate of drug-likeness (QED) is 0.398. The zero-order chi connectivity index (χ0) is 20.3. The molecular formula is C23H40N6. The molecule has 2 saturated heterocycles. The molecule has 0 aliphatic carbocycles. The molecule has 0 saturated carbocycles. The number of hydrogen-bond acceptors (Lipinski definition) is 4. The lowest BCUT2D eigenvalue weighted by Gasteiger charge is -2.36. The highest BCUT2D eigenvalue weighted by Crippen LogP contribution is 2.15. The number of rotatable bonds is 8. The first-order valence-corrected chi connectivity index (χ1v) is 11.5. The van der Waals surface area contributed by atoms with Gasteiger partial charge in [0.25, 0.3) is 0 Å². The summed E-state index contributed by atoms with van der Waals surface area (Å²) in [6, 6.07) is 11.3. The van der Waals surface area contributed by atoms with Crippen molar-refractivity contribution in [3.8, 4) is 0 Å². The predicted molar refractivity (Wildman–Crippen MR) is 124 cm³/mol. The molecule has 2 heterocycles. The van der Waals surface area contributed by atoms with Crippen LogP contribution in [0, 0.1) is 0 Å². The van der Waals surface area contributed by atoms with Gasteiger partial charge in [0.1, 0.15) is 0 Å². The third-order valence-electron chi connectivity index (χ3n) is 6.13. The summed E-state index contributed by atoms with van der Waals surface area (Å²) < 4.78 is 0. The molecule has 0 spiro atoms. The van der Waals surface area contributed by atoms with E-state index in [1.54, 1.807) is 0 Å². The largest absolute Gasteiger partial charge is 0.369 e. The number of benzene rings is 1. The maximum absolute atomic E-state index is 4.43. The van der Waals surface area contributed by atoms with Crippen molar-refractivity contribution >= 4 is 11.6 Å². The Morgan fingerprint density at radius 3 is 2.31 bits per heavy atom. The van der Waals surface area contributed by atoms with Gasteiger partial charge in [-0.3, -0.25) is 9.89 Å². The van der Waals surface area contributed by atoms with Crippen molar-refractivity contribution < 1.29 is 0 Å². The summed E-state index contributed by atoms with van der Waals surface area (Å²) in [5.41, 5.74) is 1.35. The Hall–Kier alpha value is -1.79. The van der Waals surface area contributed by atoms with E-state index in [0.717, 1.165) is 51.6 Å². The van der Waals surface area contributed by atoms with E-state index in [9.17, 15) is 0 Å². The molecule has 6 heteroatoms. The van der Waals surface area contributed by atoms with E-state index in [2.05, 4.69) is 67.6 Å². The van der Waals surface area contributed by atoms with E-state index >= 15 is 0 Å². The van der Waals surface area contributed by atoms with Crippen LogP contribution >= 0.6 is 0 Å². The Labute approximate surface area is 177 Å². The van der Waals surface area contributed by atoms with Gasteiger partial charge in [0, 0.05) is 64.6 Å². The Morgan fingerprint density at radius 2 is 1.66 bits per heavy atom. The first kappa shape index (κ1) is 21.9. The van der Waals surface area contributed by atoms with E-state index in [0.29, 0.717) is 6.04 Å². The fourth-order valence-corrected chi connectivity index (χ4v) is 4.38. The third-order valence-corrected chi connectivity index (χ3v) is 6.13. The summed E-state index contributed by atoms with van der Waals surface area (Å²) in [5, 5.41) is 7.14. The van der Waals surface area contributed by atoms with Crippen LogP contribution < -0.4 is 15.5 Å². The minimum absolute atomic E-state index is 0.556. The standard InChI is InChI=1S/C23H40N6/c1-3-13-27-15-10-21(11-16-27)26-23(24-2)25-12-7-14-28-17-19-29(20-18-28)22-8-5-4-6-9-22/h4-6,8-9,21H,3,7,10-20H2,1-2H3,(H2,24,25,26). The summed E-state index contributed by atoms with van der Waals surface area (Å²) in [4.78, 5) is 12.1. The number of hydrogen-bond donors (Lipinski definition) is 2. The van der Waals surface area contributed by atoms with Crippen LogP contribution in [0.25, 0.3) is 0 Å². The fourth-order valence-electron chi connectivity index (χ4n) is 4.38. The van der Waals surface area contributed by atoms with Gasteiger partial charge in [0.15, 0.2) is 5.96 Å². The van der Waals surface area contributed by atoms with Crippen LogP contribution in [0.4, 0.5) is 5.69 Å². The monoisotopic (exact) mass is 400 g/mol. The van der Waals surface area contributed by atoms with Gasteiger partial charge >= 0.3 is 0 Å². The van der Waals surface area contributed by atoms with Crippen LogP contribution in [0.5, 0.6) is 0 Å². The number of anilines is 1. The zero-order valence-corrected chi connectivity index (χ0v) is 18.4. The Balaban J connectivity index is 1.27. The van der Waals surface area contributed by atoms with Crippen LogP contribution in [-0.4, -0.2) is 87.8 Å². The smallest absolute Gasteiger partial charge is 0.191 e. The average Bonchev–Trinajstić information content (AvgIpc) is 2.78. The molecule has 0 atom stereocenters. The molecule has 0 bridgehead atoms. The maximum Gasteiger partial charge on any atom is 0.191 e. The van der Waals surface area contributed by atoms with Crippen LogP contribution in [0.1, 0.15) is 32.6 Å². The molecule has 0 aromatic heterocycles. The molecule has 1 aromatic rings. The van der Waals surface area contributed by atoms with Gasteiger partial charge in [-0.2, -0.15) is 0 Å². The SMILES string of the molecule is CCCN1CCC(NC(=NC)NCCCN2CCN(c3ccccc3)CC2)CC1. The van der Waals surface area contributed by atoms with Crippen molar-refractivity contribution in [2.24, 2.45) is 4.99 Å². The van der Waals surface area contributed by atoms with Crippen molar-refractivity contribution in [1.82, 2.24) is 20.4 Å². The van der Waals surface area contributed by atoms with E-state index < -0.39 is 0 Å². The highest BCUT2D eigenvalue weighted by atomic mass is 15.3. The van der Waals surface area contributed by atoms with Crippen molar-refractivity contribution in [2.45, 2.75) is 38.6 Å².